The minimum absolute atomic E-state index is 0.393. The van der Waals surface area contributed by atoms with Gasteiger partial charge in [-0.05, 0) is 6.42 Å². The number of alkyl halides is 3. The Morgan fingerprint density at radius 1 is 1.48 bits per heavy atom. The van der Waals surface area contributed by atoms with Crippen molar-refractivity contribution < 1.29 is 26.3 Å². The third kappa shape index (κ3) is 4.48. The molecule has 1 heterocycles. The van der Waals surface area contributed by atoms with Gasteiger partial charge >= 0.3 is 6.18 Å². The number of hydrogen-bond acceptors (Lipinski definition) is 4. The Morgan fingerprint density at radius 2 is 2.05 bits per heavy atom. The summed E-state index contributed by atoms with van der Waals surface area (Å²) in [5.74, 6) is -0.484. The maximum Gasteiger partial charge on any atom is 0.437 e. The summed E-state index contributed by atoms with van der Waals surface area (Å²) >= 11 is 5.67. The Hall–Kier alpha value is -1.00. The molecule has 0 fully saturated rings. The molecule has 1 aromatic heterocycles. The number of methoxy groups -OCH3 is 1. The fourth-order valence-corrected chi connectivity index (χ4v) is 3.27. The van der Waals surface area contributed by atoms with Crippen LogP contribution in [0.3, 0.4) is 0 Å². The quantitative estimate of drug-likeness (QED) is 0.855. The Morgan fingerprint density at radius 3 is 2.48 bits per heavy atom. The SMILES string of the molecule is CCC(CS(=O)(=O)Nc1c(C(F)(F)F)nn(C)c1Cl)OC. The van der Waals surface area contributed by atoms with Crippen molar-refractivity contribution in [3.05, 3.63) is 10.8 Å². The Kier molecular flexibility index (Phi) is 5.51. The number of aryl methyl sites for hydroxylation is 1. The fourth-order valence-electron chi connectivity index (χ4n) is 1.59. The minimum Gasteiger partial charge on any atom is -0.380 e. The van der Waals surface area contributed by atoms with Gasteiger partial charge in [0.1, 0.15) is 5.69 Å². The summed E-state index contributed by atoms with van der Waals surface area (Å²) in [7, 11) is -1.56. The fraction of sp³-hybridized carbons (Fsp3) is 0.700. The zero-order valence-corrected chi connectivity index (χ0v) is 13.1. The highest BCUT2D eigenvalue weighted by atomic mass is 35.5. The van der Waals surface area contributed by atoms with Gasteiger partial charge in [-0.2, -0.15) is 18.3 Å². The van der Waals surface area contributed by atoms with Crippen molar-refractivity contribution in [1.29, 1.82) is 0 Å². The van der Waals surface area contributed by atoms with E-state index in [0.717, 1.165) is 4.68 Å². The molecule has 1 unspecified atom stereocenters. The summed E-state index contributed by atoms with van der Waals surface area (Å²) in [6.07, 6.45) is -5.06. The van der Waals surface area contributed by atoms with Gasteiger partial charge in [0.2, 0.25) is 10.0 Å². The lowest BCUT2D eigenvalue weighted by molar-refractivity contribution is -0.140. The van der Waals surface area contributed by atoms with E-state index in [0.29, 0.717) is 6.42 Å². The number of sulfonamides is 1. The average Bonchev–Trinajstić information content (AvgIpc) is 2.63. The highest BCUT2D eigenvalue weighted by molar-refractivity contribution is 7.92. The van der Waals surface area contributed by atoms with Crippen LogP contribution in [0.25, 0.3) is 0 Å². The zero-order chi connectivity index (χ0) is 16.4. The van der Waals surface area contributed by atoms with Gasteiger partial charge in [0.25, 0.3) is 0 Å². The lowest BCUT2D eigenvalue weighted by atomic mass is 10.3. The number of anilines is 1. The van der Waals surface area contributed by atoms with Crippen LogP contribution in [0.1, 0.15) is 19.0 Å². The molecule has 1 N–H and O–H groups in total. The largest absolute Gasteiger partial charge is 0.437 e. The van der Waals surface area contributed by atoms with Gasteiger partial charge in [0.05, 0.1) is 11.9 Å². The summed E-state index contributed by atoms with van der Waals surface area (Å²) in [6.45, 7) is 1.70. The van der Waals surface area contributed by atoms with Gasteiger partial charge in [0, 0.05) is 14.2 Å². The Bertz CT molecular complexity index is 597. The molecule has 21 heavy (non-hydrogen) atoms. The van der Waals surface area contributed by atoms with Crippen LogP contribution in [0.5, 0.6) is 0 Å². The van der Waals surface area contributed by atoms with E-state index in [4.69, 9.17) is 16.3 Å². The summed E-state index contributed by atoms with van der Waals surface area (Å²) < 4.78 is 69.8. The summed E-state index contributed by atoms with van der Waals surface area (Å²) in [6, 6.07) is 0. The van der Waals surface area contributed by atoms with E-state index in [-0.39, 0.29) is 0 Å². The second-order valence-corrected chi connectivity index (χ2v) is 6.41. The molecule has 1 atom stereocenters. The number of hydrogen-bond donors (Lipinski definition) is 1. The van der Waals surface area contributed by atoms with Gasteiger partial charge in [-0.25, -0.2) is 8.42 Å². The Labute approximate surface area is 125 Å². The predicted molar refractivity (Wildman–Crippen MR) is 71.7 cm³/mol. The van der Waals surface area contributed by atoms with Gasteiger partial charge < -0.3 is 4.74 Å². The lowest BCUT2D eigenvalue weighted by Crippen LogP contribution is -2.28. The molecule has 0 aliphatic heterocycles. The van der Waals surface area contributed by atoms with Crippen LogP contribution in [0.15, 0.2) is 0 Å². The summed E-state index contributed by atoms with van der Waals surface area (Å²) in [5.41, 5.74) is -2.17. The average molecular weight is 350 g/mol. The van der Waals surface area contributed by atoms with E-state index < -0.39 is 44.6 Å². The molecule has 0 saturated carbocycles. The van der Waals surface area contributed by atoms with Crippen LogP contribution >= 0.6 is 11.6 Å². The number of rotatable bonds is 6. The first-order valence-corrected chi connectivity index (χ1v) is 7.87. The normalized spacial score (nSPS) is 14.2. The van der Waals surface area contributed by atoms with Gasteiger partial charge in [0.15, 0.2) is 10.8 Å². The number of ether oxygens (including phenoxy) is 1. The van der Waals surface area contributed by atoms with Gasteiger partial charge in [-0.3, -0.25) is 9.40 Å². The first-order valence-electron chi connectivity index (χ1n) is 5.84. The first kappa shape index (κ1) is 18.1. The second-order valence-electron chi connectivity index (χ2n) is 4.29. The van der Waals surface area contributed by atoms with Crippen molar-refractivity contribution in [1.82, 2.24) is 9.78 Å². The van der Waals surface area contributed by atoms with Crippen LogP contribution in [0.4, 0.5) is 18.9 Å². The molecule has 1 aromatic rings. The molecular formula is C10H15ClF3N3O3S. The van der Waals surface area contributed by atoms with Gasteiger partial charge in [-0.15, -0.1) is 0 Å². The molecule has 0 amide bonds. The van der Waals surface area contributed by atoms with E-state index >= 15 is 0 Å². The van der Waals surface area contributed by atoms with E-state index in [1.807, 2.05) is 4.72 Å². The molecule has 1 rings (SSSR count). The maximum atomic E-state index is 12.8. The lowest BCUT2D eigenvalue weighted by Gasteiger charge is -2.15. The third-order valence-corrected chi connectivity index (χ3v) is 4.46. The number of halogens is 4. The highest BCUT2D eigenvalue weighted by Crippen LogP contribution is 2.38. The van der Waals surface area contributed by atoms with Crippen molar-refractivity contribution in [2.75, 3.05) is 17.6 Å². The molecule has 0 radical (unpaired) electrons. The standard InChI is InChI=1S/C10H15ClF3N3O3S/c1-4-6(20-3)5-21(18,19)16-7-8(10(12,13)14)15-17(2)9(7)11/h6,16H,4-5H2,1-3H3. The molecule has 0 bridgehead atoms. The molecule has 6 nitrogen and oxygen atoms in total. The molecule has 0 spiro atoms. The first-order chi connectivity index (χ1) is 9.51. The molecule has 0 aromatic carbocycles. The topological polar surface area (TPSA) is 73.2 Å². The van der Waals surface area contributed by atoms with E-state index in [1.54, 1.807) is 6.92 Å². The minimum atomic E-state index is -4.83. The van der Waals surface area contributed by atoms with Crippen molar-refractivity contribution in [3.8, 4) is 0 Å². The molecule has 122 valence electrons. The molecule has 11 heteroatoms. The van der Waals surface area contributed by atoms with Crippen molar-refractivity contribution in [3.63, 3.8) is 0 Å². The molecular weight excluding hydrogens is 335 g/mol. The van der Waals surface area contributed by atoms with E-state index in [2.05, 4.69) is 5.10 Å². The van der Waals surface area contributed by atoms with E-state index in [9.17, 15) is 21.6 Å². The Balaban J connectivity index is 3.13. The van der Waals surface area contributed by atoms with E-state index in [1.165, 1.54) is 14.2 Å². The number of nitrogens with zero attached hydrogens (tertiary/aromatic N) is 2. The highest BCUT2D eigenvalue weighted by Gasteiger charge is 2.40. The summed E-state index contributed by atoms with van der Waals surface area (Å²) in [5, 5.41) is 2.74. The van der Waals surface area contributed by atoms with Crippen LogP contribution in [-0.2, 0) is 28.0 Å². The van der Waals surface area contributed by atoms with Crippen molar-refractivity contribution in [2.24, 2.45) is 7.05 Å². The maximum absolute atomic E-state index is 12.8. The van der Waals surface area contributed by atoms with Gasteiger partial charge in [-0.1, -0.05) is 18.5 Å². The predicted octanol–water partition coefficient (Wildman–Crippen LogP) is 2.26. The van der Waals surface area contributed by atoms with Crippen molar-refractivity contribution in [2.45, 2.75) is 25.6 Å². The van der Waals surface area contributed by atoms with Crippen LogP contribution in [-0.4, -0.2) is 37.2 Å². The third-order valence-electron chi connectivity index (χ3n) is 2.70. The van der Waals surface area contributed by atoms with Crippen LogP contribution < -0.4 is 4.72 Å². The smallest absolute Gasteiger partial charge is 0.380 e. The molecule has 0 aliphatic rings. The van der Waals surface area contributed by atoms with Crippen molar-refractivity contribution >= 4 is 27.3 Å². The molecule has 0 saturated heterocycles. The summed E-state index contributed by atoms with van der Waals surface area (Å²) in [4.78, 5) is 0. The number of aromatic nitrogens is 2. The monoisotopic (exact) mass is 349 g/mol. The molecule has 0 aliphatic carbocycles. The second kappa shape index (κ2) is 6.41. The zero-order valence-electron chi connectivity index (χ0n) is 11.5. The van der Waals surface area contributed by atoms with Crippen LogP contribution in [0, 0.1) is 0 Å². The number of nitrogens with one attached hydrogen (secondary N) is 1. The van der Waals surface area contributed by atoms with Crippen LogP contribution in [0.2, 0.25) is 5.15 Å².